The van der Waals surface area contributed by atoms with Gasteiger partial charge in [-0.25, -0.2) is 9.97 Å². The van der Waals surface area contributed by atoms with Gasteiger partial charge in [-0.05, 0) is 24.6 Å². The van der Waals surface area contributed by atoms with Gasteiger partial charge >= 0.3 is 6.18 Å². The minimum Gasteiger partial charge on any atom is -0.473 e. The quantitative estimate of drug-likeness (QED) is 0.791. The number of nitrogens with zero attached hydrogens (tertiary/aromatic N) is 4. The molecule has 5 nitrogen and oxygen atoms in total. The van der Waals surface area contributed by atoms with Gasteiger partial charge in [0.2, 0.25) is 5.88 Å². The van der Waals surface area contributed by atoms with Gasteiger partial charge in [-0.1, -0.05) is 17.7 Å². The zero-order valence-electron chi connectivity index (χ0n) is 14.4. The lowest BCUT2D eigenvalue weighted by atomic mass is 10.1. The van der Waals surface area contributed by atoms with Crippen molar-refractivity contribution >= 4 is 17.4 Å². The number of hydrogen-bond acceptors (Lipinski definition) is 5. The summed E-state index contributed by atoms with van der Waals surface area (Å²) in [5, 5.41) is 0.537. The average Bonchev–Trinajstić information content (AvgIpc) is 3.05. The first-order valence-electron chi connectivity index (χ1n) is 8.71. The van der Waals surface area contributed by atoms with Crippen LogP contribution in [0.1, 0.15) is 12.1 Å². The molecule has 2 aromatic heterocycles. The molecular formula is C18H18ClF3N4O. The highest BCUT2D eigenvalue weighted by molar-refractivity contribution is 6.30. The van der Waals surface area contributed by atoms with E-state index in [0.29, 0.717) is 29.8 Å². The van der Waals surface area contributed by atoms with Crippen molar-refractivity contribution in [1.29, 1.82) is 0 Å². The summed E-state index contributed by atoms with van der Waals surface area (Å²) in [6.45, 7) is 2.85. The van der Waals surface area contributed by atoms with Crippen molar-refractivity contribution in [3.05, 3.63) is 47.2 Å². The maximum absolute atomic E-state index is 13.0. The van der Waals surface area contributed by atoms with Gasteiger partial charge in [-0.2, -0.15) is 13.2 Å². The molecule has 2 atom stereocenters. The number of aromatic nitrogens is 2. The first-order valence-corrected chi connectivity index (χ1v) is 9.09. The van der Waals surface area contributed by atoms with Gasteiger partial charge in [0.1, 0.15) is 17.6 Å². The highest BCUT2D eigenvalue weighted by atomic mass is 35.5. The second-order valence-corrected chi connectivity index (χ2v) is 7.12. The van der Waals surface area contributed by atoms with Crippen LogP contribution < -0.4 is 9.64 Å². The van der Waals surface area contributed by atoms with E-state index in [2.05, 4.69) is 14.9 Å². The molecule has 2 saturated heterocycles. The van der Waals surface area contributed by atoms with Crippen molar-refractivity contribution in [3.63, 3.8) is 0 Å². The Bertz CT molecular complexity index is 802. The monoisotopic (exact) mass is 398 g/mol. The van der Waals surface area contributed by atoms with Crippen LogP contribution in [0.5, 0.6) is 5.88 Å². The van der Waals surface area contributed by atoms with Crippen LogP contribution in [0.15, 0.2) is 36.5 Å². The third kappa shape index (κ3) is 3.96. The second kappa shape index (κ2) is 7.16. The van der Waals surface area contributed by atoms with Crippen LogP contribution in [-0.4, -0.2) is 53.2 Å². The summed E-state index contributed by atoms with van der Waals surface area (Å²) in [4.78, 5) is 12.2. The first kappa shape index (κ1) is 18.3. The Labute approximate surface area is 159 Å². The summed E-state index contributed by atoms with van der Waals surface area (Å²) in [7, 11) is 0. The SMILES string of the molecule is FC(F)(F)c1cccc(N2CCN3CC[C@@H](Oc4ccc(Cl)cn4)[C@H]3C2)n1. The van der Waals surface area contributed by atoms with E-state index < -0.39 is 11.9 Å². The van der Waals surface area contributed by atoms with Crippen molar-refractivity contribution in [2.75, 3.05) is 31.1 Å². The summed E-state index contributed by atoms with van der Waals surface area (Å²) in [6, 6.07) is 7.53. The minimum atomic E-state index is -4.45. The average molecular weight is 399 g/mol. The van der Waals surface area contributed by atoms with Gasteiger partial charge in [0.05, 0.1) is 11.1 Å². The van der Waals surface area contributed by atoms with Gasteiger partial charge < -0.3 is 9.64 Å². The fraction of sp³-hybridized carbons (Fsp3) is 0.444. The van der Waals surface area contributed by atoms with E-state index in [4.69, 9.17) is 16.3 Å². The molecule has 27 heavy (non-hydrogen) atoms. The first-order chi connectivity index (χ1) is 12.9. The summed E-state index contributed by atoms with van der Waals surface area (Å²) >= 11 is 5.85. The maximum Gasteiger partial charge on any atom is 0.433 e. The van der Waals surface area contributed by atoms with Crippen molar-refractivity contribution in [1.82, 2.24) is 14.9 Å². The molecule has 2 aliphatic heterocycles. The standard InChI is InChI=1S/C18H18ClF3N4O/c19-12-4-5-17(23-10-12)27-14-6-7-25-8-9-26(11-13(14)25)16-3-1-2-15(24-16)18(20,21)22/h1-5,10,13-14H,6-9,11H2/t13-,14-/m1/s1. The van der Waals surface area contributed by atoms with Crippen LogP contribution >= 0.6 is 11.6 Å². The highest BCUT2D eigenvalue weighted by Gasteiger charge is 2.40. The van der Waals surface area contributed by atoms with Crippen LogP contribution in [-0.2, 0) is 6.18 Å². The number of alkyl halides is 3. The maximum atomic E-state index is 13.0. The van der Waals surface area contributed by atoms with E-state index in [0.717, 1.165) is 25.6 Å². The topological polar surface area (TPSA) is 41.5 Å². The van der Waals surface area contributed by atoms with E-state index in [1.807, 2.05) is 4.90 Å². The van der Waals surface area contributed by atoms with Gasteiger partial charge in [-0.3, -0.25) is 4.90 Å². The number of anilines is 1. The summed E-state index contributed by atoms with van der Waals surface area (Å²) in [5.41, 5.74) is -0.869. The molecule has 0 radical (unpaired) electrons. The van der Waals surface area contributed by atoms with Crippen molar-refractivity contribution in [3.8, 4) is 5.88 Å². The number of halogens is 4. The normalized spacial score (nSPS) is 23.3. The molecule has 4 rings (SSSR count). The number of ether oxygens (including phenoxy) is 1. The summed E-state index contributed by atoms with van der Waals surface area (Å²) < 4.78 is 44.9. The number of fused-ring (bicyclic) bond motifs is 1. The molecule has 0 saturated carbocycles. The number of piperazine rings is 1. The molecule has 0 amide bonds. The van der Waals surface area contributed by atoms with Gasteiger partial charge in [-0.15, -0.1) is 0 Å². The molecule has 9 heteroatoms. The Morgan fingerprint density at radius 3 is 2.70 bits per heavy atom. The third-order valence-corrected chi connectivity index (χ3v) is 5.21. The molecule has 2 fully saturated rings. The summed E-state index contributed by atoms with van der Waals surface area (Å²) in [5.74, 6) is 0.848. The molecule has 0 N–H and O–H groups in total. The molecular weight excluding hydrogens is 381 g/mol. The molecule has 0 bridgehead atoms. The Morgan fingerprint density at radius 1 is 1.11 bits per heavy atom. The molecule has 0 spiro atoms. The molecule has 0 aliphatic carbocycles. The predicted molar refractivity (Wildman–Crippen MR) is 95.1 cm³/mol. The Hall–Kier alpha value is -2.06. The highest BCUT2D eigenvalue weighted by Crippen LogP contribution is 2.31. The Kier molecular flexibility index (Phi) is 4.86. The van der Waals surface area contributed by atoms with E-state index in [9.17, 15) is 13.2 Å². The fourth-order valence-corrected chi connectivity index (χ4v) is 3.76. The molecule has 2 aromatic rings. The zero-order valence-corrected chi connectivity index (χ0v) is 15.1. The molecule has 144 valence electrons. The minimum absolute atomic E-state index is 0.0765. The van der Waals surface area contributed by atoms with E-state index >= 15 is 0 Å². The smallest absolute Gasteiger partial charge is 0.433 e. The number of hydrogen-bond donors (Lipinski definition) is 0. The van der Waals surface area contributed by atoms with Crippen LogP contribution in [0.3, 0.4) is 0 Å². The Balaban J connectivity index is 1.49. The van der Waals surface area contributed by atoms with Gasteiger partial charge in [0, 0.05) is 38.4 Å². The van der Waals surface area contributed by atoms with Gasteiger partial charge in [0.25, 0.3) is 0 Å². The fourth-order valence-electron chi connectivity index (χ4n) is 3.65. The van der Waals surface area contributed by atoms with Crippen LogP contribution in [0, 0.1) is 0 Å². The lowest BCUT2D eigenvalue weighted by Gasteiger charge is -2.39. The van der Waals surface area contributed by atoms with Crippen LogP contribution in [0.4, 0.5) is 19.0 Å². The second-order valence-electron chi connectivity index (χ2n) is 6.69. The largest absolute Gasteiger partial charge is 0.473 e. The predicted octanol–water partition coefficient (Wildman–Crippen LogP) is 3.49. The van der Waals surface area contributed by atoms with Crippen LogP contribution in [0.25, 0.3) is 0 Å². The van der Waals surface area contributed by atoms with Crippen molar-refractivity contribution in [2.24, 2.45) is 0 Å². The molecule has 0 unspecified atom stereocenters. The lowest BCUT2D eigenvalue weighted by Crippen LogP contribution is -2.54. The van der Waals surface area contributed by atoms with E-state index in [1.165, 1.54) is 12.3 Å². The Morgan fingerprint density at radius 2 is 1.96 bits per heavy atom. The third-order valence-electron chi connectivity index (χ3n) is 4.98. The van der Waals surface area contributed by atoms with Crippen molar-refractivity contribution in [2.45, 2.75) is 24.7 Å². The van der Waals surface area contributed by atoms with Gasteiger partial charge in [0.15, 0.2) is 0 Å². The number of pyridine rings is 2. The molecule has 2 aliphatic rings. The molecule has 4 heterocycles. The summed E-state index contributed by atoms with van der Waals surface area (Å²) in [6.07, 6.45) is -2.15. The molecule has 0 aromatic carbocycles. The zero-order chi connectivity index (χ0) is 19.0. The lowest BCUT2D eigenvalue weighted by molar-refractivity contribution is -0.141. The van der Waals surface area contributed by atoms with E-state index in [-0.39, 0.29) is 12.1 Å². The van der Waals surface area contributed by atoms with Crippen molar-refractivity contribution < 1.29 is 17.9 Å². The number of rotatable bonds is 3. The van der Waals surface area contributed by atoms with E-state index in [1.54, 1.807) is 18.2 Å². The van der Waals surface area contributed by atoms with Crippen LogP contribution in [0.2, 0.25) is 5.02 Å².